The maximum atomic E-state index is 12.8. The first-order valence-electron chi connectivity index (χ1n) is 9.71. The third kappa shape index (κ3) is 3.91. The molecular weight excluding hydrogens is 417 g/mol. The molecule has 0 unspecified atom stereocenters. The van der Waals surface area contributed by atoms with Gasteiger partial charge in [0.25, 0.3) is 10.0 Å². The Balaban J connectivity index is 0.00000128. The van der Waals surface area contributed by atoms with Gasteiger partial charge in [-0.3, -0.25) is 0 Å². The SMILES string of the molecule is CN1CCc2sc(S(=O)(=O)NC(=O)Nc3c4c(cc5c3CC5)CCC4)cc2C1.[H-].[Na+]. The zero-order valence-corrected chi connectivity index (χ0v) is 20.4. The first-order valence-corrected chi connectivity index (χ1v) is 12.0. The van der Waals surface area contributed by atoms with E-state index >= 15 is 0 Å². The van der Waals surface area contributed by atoms with Crippen LogP contribution >= 0.6 is 11.3 Å². The normalized spacial score (nSPS) is 17.4. The van der Waals surface area contributed by atoms with Crippen LogP contribution in [0.2, 0.25) is 0 Å². The summed E-state index contributed by atoms with van der Waals surface area (Å²) in [4.78, 5) is 15.8. The maximum Gasteiger partial charge on any atom is 1.00 e. The number of fused-ring (bicyclic) bond motifs is 3. The molecule has 29 heavy (non-hydrogen) atoms. The van der Waals surface area contributed by atoms with Crippen LogP contribution in [0.5, 0.6) is 0 Å². The Morgan fingerprint density at radius 3 is 2.59 bits per heavy atom. The van der Waals surface area contributed by atoms with Gasteiger partial charge in [-0.25, -0.2) is 17.9 Å². The van der Waals surface area contributed by atoms with E-state index in [2.05, 4.69) is 21.0 Å². The fraction of sp³-hybridized carbons (Fsp3) is 0.450. The van der Waals surface area contributed by atoms with Crippen molar-refractivity contribution in [2.45, 2.75) is 49.3 Å². The van der Waals surface area contributed by atoms with Crippen LogP contribution in [0.3, 0.4) is 0 Å². The Kier molecular flexibility index (Phi) is 5.87. The number of sulfonamides is 1. The number of thiophene rings is 1. The number of hydrogen-bond donors (Lipinski definition) is 2. The monoisotopic (exact) mass is 441 g/mol. The zero-order chi connectivity index (χ0) is 19.5. The summed E-state index contributed by atoms with van der Waals surface area (Å²) in [5.74, 6) is 0. The molecule has 1 aromatic carbocycles. The Bertz CT molecular complexity index is 1100. The minimum absolute atomic E-state index is 0. The second-order valence-electron chi connectivity index (χ2n) is 7.94. The van der Waals surface area contributed by atoms with E-state index in [1.54, 1.807) is 6.07 Å². The number of hydrogen-bond acceptors (Lipinski definition) is 5. The minimum Gasteiger partial charge on any atom is -1.00 e. The predicted molar refractivity (Wildman–Crippen MR) is 111 cm³/mol. The van der Waals surface area contributed by atoms with Gasteiger partial charge < -0.3 is 11.6 Å². The van der Waals surface area contributed by atoms with E-state index in [1.807, 2.05) is 7.05 Å². The number of urea groups is 1. The number of aryl methyl sites for hydroxylation is 2. The van der Waals surface area contributed by atoms with Crippen LogP contribution in [0.25, 0.3) is 0 Å². The van der Waals surface area contributed by atoms with Crippen LogP contribution < -0.4 is 39.6 Å². The molecule has 9 heteroatoms. The fourth-order valence-corrected chi connectivity index (χ4v) is 6.94. The van der Waals surface area contributed by atoms with Crippen molar-refractivity contribution in [1.29, 1.82) is 0 Å². The Hall–Kier alpha value is -0.900. The number of anilines is 1. The molecule has 2 N–H and O–H groups in total. The Morgan fingerprint density at radius 1 is 1.07 bits per heavy atom. The average Bonchev–Trinajstić information content (AvgIpc) is 3.23. The van der Waals surface area contributed by atoms with Crippen molar-refractivity contribution < 1.29 is 44.2 Å². The van der Waals surface area contributed by atoms with Crippen molar-refractivity contribution in [3.63, 3.8) is 0 Å². The van der Waals surface area contributed by atoms with E-state index in [-0.39, 0.29) is 35.2 Å². The summed E-state index contributed by atoms with van der Waals surface area (Å²) in [5, 5.41) is 2.86. The molecule has 1 aliphatic heterocycles. The number of carbonyl (C=O) groups excluding carboxylic acids is 1. The van der Waals surface area contributed by atoms with Crippen LogP contribution in [-0.2, 0) is 48.7 Å². The molecule has 2 heterocycles. The molecule has 5 rings (SSSR count). The number of likely N-dealkylation sites (N-methyl/N-ethyl adjacent to an activating group) is 1. The molecule has 150 valence electrons. The van der Waals surface area contributed by atoms with Gasteiger partial charge in [-0.1, -0.05) is 6.07 Å². The van der Waals surface area contributed by atoms with Gasteiger partial charge in [0, 0.05) is 23.7 Å². The summed E-state index contributed by atoms with van der Waals surface area (Å²) in [6.45, 7) is 1.67. The minimum atomic E-state index is -3.87. The second-order valence-corrected chi connectivity index (χ2v) is 11.0. The standard InChI is InChI=1S/C20H23N3O3S2.Na.H/c1-23-8-7-17-14(11-23)10-18(27-17)28(25,26)22-20(24)21-19-15-4-2-3-12(15)9-13-5-6-16(13)19;;/h9-10H,2-8,11H2,1H3,(H2,21,22,24);;/q;+1;-1. The van der Waals surface area contributed by atoms with Gasteiger partial charge in [-0.05, 0) is 79.5 Å². The smallest absolute Gasteiger partial charge is 1.00 e. The molecule has 0 atom stereocenters. The van der Waals surface area contributed by atoms with E-state index in [9.17, 15) is 13.2 Å². The third-order valence-corrected chi connectivity index (χ3v) is 9.05. The molecule has 1 aromatic heterocycles. The van der Waals surface area contributed by atoms with Crippen LogP contribution in [0.15, 0.2) is 16.3 Å². The van der Waals surface area contributed by atoms with E-state index in [0.29, 0.717) is 0 Å². The van der Waals surface area contributed by atoms with Gasteiger partial charge in [0.15, 0.2) is 0 Å². The summed E-state index contributed by atoms with van der Waals surface area (Å²) in [7, 11) is -1.85. The van der Waals surface area contributed by atoms with Crippen molar-refractivity contribution in [2.24, 2.45) is 0 Å². The van der Waals surface area contributed by atoms with E-state index in [4.69, 9.17) is 0 Å². The van der Waals surface area contributed by atoms with Gasteiger partial charge in [-0.2, -0.15) is 0 Å². The first kappa shape index (κ1) is 21.3. The molecule has 2 aliphatic carbocycles. The second kappa shape index (κ2) is 7.98. The van der Waals surface area contributed by atoms with E-state index in [1.165, 1.54) is 33.6 Å². The molecule has 0 fully saturated rings. The molecule has 3 aliphatic rings. The van der Waals surface area contributed by atoms with Crippen LogP contribution in [0.4, 0.5) is 10.5 Å². The third-order valence-electron chi connectivity index (χ3n) is 6.01. The number of benzene rings is 1. The number of amides is 2. The van der Waals surface area contributed by atoms with Gasteiger partial charge in [0.2, 0.25) is 0 Å². The van der Waals surface area contributed by atoms with Crippen molar-refractivity contribution >= 4 is 33.1 Å². The van der Waals surface area contributed by atoms with Crippen LogP contribution in [0.1, 0.15) is 40.5 Å². The zero-order valence-electron chi connectivity index (χ0n) is 17.8. The number of carbonyl (C=O) groups is 1. The quantitative estimate of drug-likeness (QED) is 0.655. The summed E-state index contributed by atoms with van der Waals surface area (Å²) >= 11 is 1.27. The molecule has 0 saturated carbocycles. The van der Waals surface area contributed by atoms with Crippen LogP contribution in [-0.4, -0.2) is 32.9 Å². The number of nitrogens with one attached hydrogen (secondary N) is 2. The van der Waals surface area contributed by atoms with Crippen molar-refractivity contribution in [1.82, 2.24) is 9.62 Å². The molecule has 2 amide bonds. The molecule has 6 nitrogen and oxygen atoms in total. The van der Waals surface area contributed by atoms with Crippen molar-refractivity contribution in [2.75, 3.05) is 18.9 Å². The molecule has 2 aromatic rings. The maximum absolute atomic E-state index is 12.8. The van der Waals surface area contributed by atoms with Crippen LogP contribution in [0, 0.1) is 0 Å². The topological polar surface area (TPSA) is 78.5 Å². The fourth-order valence-electron chi connectivity index (χ4n) is 4.49. The molecule has 0 saturated heterocycles. The summed E-state index contributed by atoms with van der Waals surface area (Å²) < 4.78 is 28.0. The van der Waals surface area contributed by atoms with Gasteiger partial charge in [0.1, 0.15) is 4.21 Å². The Morgan fingerprint density at radius 2 is 1.83 bits per heavy atom. The summed E-state index contributed by atoms with van der Waals surface area (Å²) in [6, 6.07) is 3.30. The van der Waals surface area contributed by atoms with Gasteiger partial charge >= 0.3 is 35.6 Å². The average molecular weight is 442 g/mol. The molecule has 0 spiro atoms. The van der Waals surface area contributed by atoms with Crippen molar-refractivity contribution in [3.05, 3.63) is 44.8 Å². The summed E-state index contributed by atoms with van der Waals surface area (Å²) in [5.41, 5.74) is 6.82. The Labute approximate surface area is 198 Å². The first-order chi connectivity index (χ1) is 13.4. The molecular formula is C20H24N3NaO3S2. The largest absolute Gasteiger partial charge is 1.00 e. The van der Waals surface area contributed by atoms with Gasteiger partial charge in [-0.15, -0.1) is 11.3 Å². The number of rotatable bonds is 3. The van der Waals surface area contributed by atoms with Crippen molar-refractivity contribution in [3.8, 4) is 0 Å². The van der Waals surface area contributed by atoms with E-state index < -0.39 is 16.1 Å². The summed E-state index contributed by atoms with van der Waals surface area (Å²) in [6.07, 6.45) is 5.88. The predicted octanol–water partition coefficient (Wildman–Crippen LogP) is -0.0498. The van der Waals surface area contributed by atoms with Gasteiger partial charge in [0.05, 0.1) is 0 Å². The van der Waals surface area contributed by atoms with E-state index in [0.717, 1.165) is 67.7 Å². The number of nitrogens with zero attached hydrogens (tertiary/aromatic N) is 1. The molecule has 0 bridgehead atoms. The molecule has 0 radical (unpaired) electrons.